The Bertz CT molecular complexity index is 729. The Kier molecular flexibility index (Phi) is 8.07. The lowest BCUT2D eigenvalue weighted by Gasteiger charge is -2.28. The molecule has 1 amide bonds. The molecule has 1 aromatic rings. The van der Waals surface area contributed by atoms with E-state index in [1.807, 2.05) is 14.1 Å². The number of benzene rings is 1. The lowest BCUT2D eigenvalue weighted by Crippen LogP contribution is -2.40. The summed E-state index contributed by atoms with van der Waals surface area (Å²) in [7, 11) is 0.226. The third-order valence-corrected chi connectivity index (χ3v) is 6.52. The number of amides is 1. The van der Waals surface area contributed by atoms with Gasteiger partial charge in [-0.3, -0.25) is 4.79 Å². The summed E-state index contributed by atoms with van der Waals surface area (Å²) in [5.74, 6) is -0.315. The zero-order valence-corrected chi connectivity index (χ0v) is 18.0. The number of halogens is 1. The molecule has 0 aliphatic rings. The monoisotopic (exact) mass is 403 g/mol. The quantitative estimate of drug-likeness (QED) is 0.688. The standard InChI is InChI=1S/C18H30ClN3O3S/c1-7-22(8-2)26(24,25)16-11-14(9-10-15(16)19)17(23)20-12-18(3,4)13-21(5)6/h9-11H,7-8,12-13H2,1-6H3,(H,20,23). The first kappa shape index (κ1) is 22.9. The highest BCUT2D eigenvalue weighted by Gasteiger charge is 2.26. The van der Waals surface area contributed by atoms with Gasteiger partial charge in [0.1, 0.15) is 4.90 Å². The predicted molar refractivity (Wildman–Crippen MR) is 106 cm³/mol. The van der Waals surface area contributed by atoms with Crippen LogP contribution in [0.1, 0.15) is 38.1 Å². The largest absolute Gasteiger partial charge is 0.351 e. The Morgan fingerprint density at radius 3 is 2.27 bits per heavy atom. The smallest absolute Gasteiger partial charge is 0.251 e. The molecule has 0 spiro atoms. The van der Waals surface area contributed by atoms with Crippen LogP contribution in [-0.4, -0.2) is 63.8 Å². The third kappa shape index (κ3) is 5.94. The predicted octanol–water partition coefficient (Wildman–Crippen LogP) is 2.69. The van der Waals surface area contributed by atoms with Crippen LogP contribution in [0.3, 0.4) is 0 Å². The number of sulfonamides is 1. The number of carbonyl (C=O) groups is 1. The van der Waals surface area contributed by atoms with Crippen LogP contribution < -0.4 is 5.32 Å². The van der Waals surface area contributed by atoms with E-state index in [4.69, 9.17) is 11.6 Å². The van der Waals surface area contributed by atoms with E-state index >= 15 is 0 Å². The van der Waals surface area contributed by atoms with Gasteiger partial charge in [-0.1, -0.05) is 39.3 Å². The molecule has 6 nitrogen and oxygen atoms in total. The molecule has 0 bridgehead atoms. The van der Waals surface area contributed by atoms with Gasteiger partial charge < -0.3 is 10.2 Å². The Balaban J connectivity index is 3.05. The molecule has 0 aromatic heterocycles. The maximum absolute atomic E-state index is 12.7. The minimum atomic E-state index is -3.73. The van der Waals surface area contributed by atoms with E-state index in [0.29, 0.717) is 19.6 Å². The lowest BCUT2D eigenvalue weighted by molar-refractivity contribution is 0.0929. The fraction of sp³-hybridized carbons (Fsp3) is 0.611. The molecular formula is C18H30ClN3O3S. The third-order valence-electron chi connectivity index (χ3n) is 3.99. The normalized spacial score (nSPS) is 12.7. The number of hydrogen-bond donors (Lipinski definition) is 1. The van der Waals surface area contributed by atoms with Gasteiger partial charge in [0.15, 0.2) is 0 Å². The molecule has 8 heteroatoms. The van der Waals surface area contributed by atoms with Crippen molar-refractivity contribution in [3.63, 3.8) is 0 Å². The molecule has 148 valence electrons. The summed E-state index contributed by atoms with van der Waals surface area (Å²) in [6.45, 7) is 9.61. The van der Waals surface area contributed by atoms with Gasteiger partial charge >= 0.3 is 0 Å². The highest BCUT2D eigenvalue weighted by Crippen LogP contribution is 2.26. The van der Waals surface area contributed by atoms with Gasteiger partial charge in [-0.2, -0.15) is 4.31 Å². The lowest BCUT2D eigenvalue weighted by atomic mass is 9.93. The number of hydrogen-bond acceptors (Lipinski definition) is 4. The van der Waals surface area contributed by atoms with Crippen LogP contribution in [0.25, 0.3) is 0 Å². The summed E-state index contributed by atoms with van der Waals surface area (Å²) in [5.41, 5.74) is 0.169. The number of nitrogens with zero attached hydrogens (tertiary/aromatic N) is 2. The summed E-state index contributed by atoms with van der Waals surface area (Å²) < 4.78 is 26.8. The van der Waals surface area contributed by atoms with E-state index in [9.17, 15) is 13.2 Å². The molecule has 0 heterocycles. The minimum Gasteiger partial charge on any atom is -0.351 e. The van der Waals surface area contributed by atoms with Gasteiger partial charge in [0.25, 0.3) is 5.91 Å². The number of nitrogens with one attached hydrogen (secondary N) is 1. The molecule has 0 fully saturated rings. The van der Waals surface area contributed by atoms with Gasteiger partial charge in [-0.15, -0.1) is 0 Å². The SMILES string of the molecule is CCN(CC)S(=O)(=O)c1cc(C(=O)NCC(C)(C)CN(C)C)ccc1Cl. The Hall–Kier alpha value is -1.15. The van der Waals surface area contributed by atoms with Crippen molar-refractivity contribution in [2.24, 2.45) is 5.41 Å². The summed E-state index contributed by atoms with van der Waals surface area (Å²) in [6.07, 6.45) is 0. The maximum Gasteiger partial charge on any atom is 0.251 e. The molecule has 0 aliphatic carbocycles. The van der Waals surface area contributed by atoms with Gasteiger partial charge in [-0.05, 0) is 37.7 Å². The molecular weight excluding hydrogens is 374 g/mol. The van der Waals surface area contributed by atoms with Crippen molar-refractivity contribution < 1.29 is 13.2 Å². The first-order valence-electron chi connectivity index (χ1n) is 8.67. The molecule has 26 heavy (non-hydrogen) atoms. The highest BCUT2D eigenvalue weighted by molar-refractivity contribution is 7.89. The summed E-state index contributed by atoms with van der Waals surface area (Å²) in [5, 5.41) is 3.00. The minimum absolute atomic E-state index is 0.0388. The van der Waals surface area contributed by atoms with Crippen molar-refractivity contribution in [1.29, 1.82) is 0 Å². The van der Waals surface area contributed by atoms with Gasteiger partial charge in [0.05, 0.1) is 5.02 Å². The second-order valence-corrected chi connectivity index (χ2v) is 9.63. The second-order valence-electron chi connectivity index (χ2n) is 7.32. The molecule has 0 atom stereocenters. The van der Waals surface area contributed by atoms with Crippen LogP contribution in [0.2, 0.25) is 5.02 Å². The van der Waals surface area contributed by atoms with E-state index < -0.39 is 10.0 Å². The van der Waals surface area contributed by atoms with Crippen LogP contribution in [0.4, 0.5) is 0 Å². The van der Waals surface area contributed by atoms with E-state index in [0.717, 1.165) is 6.54 Å². The molecule has 1 aromatic carbocycles. The van der Waals surface area contributed by atoms with Crippen LogP contribution in [-0.2, 0) is 10.0 Å². The highest BCUT2D eigenvalue weighted by atomic mass is 35.5. The topological polar surface area (TPSA) is 69.7 Å². The van der Waals surface area contributed by atoms with E-state index in [2.05, 4.69) is 24.1 Å². The first-order chi connectivity index (χ1) is 11.9. The average molecular weight is 404 g/mol. The van der Waals surface area contributed by atoms with Gasteiger partial charge in [0, 0.05) is 31.7 Å². The molecule has 1 N–H and O–H groups in total. The van der Waals surface area contributed by atoms with E-state index in [1.165, 1.54) is 22.5 Å². The van der Waals surface area contributed by atoms with Crippen LogP contribution in [0.5, 0.6) is 0 Å². The molecule has 0 radical (unpaired) electrons. The molecule has 0 aliphatic heterocycles. The Morgan fingerprint density at radius 2 is 1.77 bits per heavy atom. The Labute approximate surface area is 162 Å². The number of rotatable bonds is 9. The molecule has 1 rings (SSSR count). The molecule has 0 saturated heterocycles. The molecule has 0 unspecified atom stereocenters. The van der Waals surface area contributed by atoms with E-state index in [-0.39, 0.29) is 26.8 Å². The van der Waals surface area contributed by atoms with Gasteiger partial charge in [0.2, 0.25) is 10.0 Å². The first-order valence-corrected chi connectivity index (χ1v) is 10.5. The maximum atomic E-state index is 12.7. The van der Waals surface area contributed by atoms with Crippen LogP contribution >= 0.6 is 11.6 Å². The van der Waals surface area contributed by atoms with Crippen molar-refractivity contribution in [3.8, 4) is 0 Å². The second kappa shape index (κ2) is 9.17. The summed E-state index contributed by atoms with van der Waals surface area (Å²) in [4.78, 5) is 14.5. The number of carbonyl (C=O) groups excluding carboxylic acids is 1. The van der Waals surface area contributed by atoms with Crippen molar-refractivity contribution in [3.05, 3.63) is 28.8 Å². The fourth-order valence-electron chi connectivity index (χ4n) is 2.88. The van der Waals surface area contributed by atoms with Crippen LogP contribution in [0.15, 0.2) is 23.1 Å². The van der Waals surface area contributed by atoms with E-state index in [1.54, 1.807) is 13.8 Å². The van der Waals surface area contributed by atoms with Crippen molar-refractivity contribution >= 4 is 27.5 Å². The fourth-order valence-corrected chi connectivity index (χ4v) is 4.84. The summed E-state index contributed by atoms with van der Waals surface area (Å²) in [6, 6.07) is 4.35. The zero-order chi connectivity index (χ0) is 20.1. The zero-order valence-electron chi connectivity index (χ0n) is 16.5. The van der Waals surface area contributed by atoms with Crippen molar-refractivity contribution in [1.82, 2.24) is 14.5 Å². The average Bonchev–Trinajstić information content (AvgIpc) is 2.52. The van der Waals surface area contributed by atoms with Crippen LogP contribution in [0, 0.1) is 5.41 Å². The van der Waals surface area contributed by atoms with Crippen molar-refractivity contribution in [2.75, 3.05) is 40.3 Å². The Morgan fingerprint density at radius 1 is 1.19 bits per heavy atom. The molecule has 0 saturated carbocycles. The summed E-state index contributed by atoms with van der Waals surface area (Å²) >= 11 is 6.11. The van der Waals surface area contributed by atoms with Crippen molar-refractivity contribution in [2.45, 2.75) is 32.6 Å². The van der Waals surface area contributed by atoms with Gasteiger partial charge in [-0.25, -0.2) is 8.42 Å².